The number of nitro benzene ring substituents is 1. The molecule has 0 aliphatic rings. The topological polar surface area (TPSA) is 46.4 Å². The van der Waals surface area contributed by atoms with E-state index in [0.717, 1.165) is 24.2 Å². The average Bonchev–Trinajstić information content (AvgIpc) is 2.28. The van der Waals surface area contributed by atoms with Gasteiger partial charge in [0.05, 0.1) is 4.92 Å². The highest BCUT2D eigenvalue weighted by Crippen LogP contribution is 2.15. The molecule has 1 aromatic carbocycles. The summed E-state index contributed by atoms with van der Waals surface area (Å²) in [6.45, 7) is 10.4. The van der Waals surface area contributed by atoms with Gasteiger partial charge in [-0.15, -0.1) is 0 Å². The average molecular weight is 234 g/mol. The lowest BCUT2D eigenvalue weighted by molar-refractivity contribution is -0.384. The van der Waals surface area contributed by atoms with Crippen LogP contribution in [0.15, 0.2) is 36.4 Å². The molecule has 0 atom stereocenters. The molecule has 4 heteroatoms. The Kier molecular flexibility index (Phi) is 4.84. The van der Waals surface area contributed by atoms with Gasteiger partial charge < -0.3 is 0 Å². The second-order valence-electron chi connectivity index (χ2n) is 4.19. The van der Waals surface area contributed by atoms with Gasteiger partial charge >= 0.3 is 0 Å². The van der Waals surface area contributed by atoms with Crippen molar-refractivity contribution >= 4 is 5.69 Å². The predicted octanol–water partition coefficient (Wildman–Crippen LogP) is 2.99. The van der Waals surface area contributed by atoms with E-state index in [9.17, 15) is 10.1 Å². The molecule has 0 amide bonds. The summed E-state index contributed by atoms with van der Waals surface area (Å²) >= 11 is 0. The third-order valence-electron chi connectivity index (χ3n) is 2.47. The van der Waals surface area contributed by atoms with Crippen molar-refractivity contribution in [2.24, 2.45) is 0 Å². The van der Waals surface area contributed by atoms with E-state index in [4.69, 9.17) is 0 Å². The predicted molar refractivity (Wildman–Crippen MR) is 68.9 cm³/mol. The first kappa shape index (κ1) is 13.4. The van der Waals surface area contributed by atoms with E-state index in [1.165, 1.54) is 6.07 Å². The molecule has 0 saturated carbocycles. The molecule has 1 aromatic rings. The minimum Gasteiger partial charge on any atom is -0.295 e. The fourth-order valence-electron chi connectivity index (χ4n) is 1.69. The van der Waals surface area contributed by atoms with Crippen molar-refractivity contribution in [3.8, 4) is 0 Å². The van der Waals surface area contributed by atoms with Crippen LogP contribution in [0.5, 0.6) is 0 Å². The summed E-state index contributed by atoms with van der Waals surface area (Å²) in [5.74, 6) is 0. The van der Waals surface area contributed by atoms with E-state index < -0.39 is 0 Å². The van der Waals surface area contributed by atoms with Crippen LogP contribution in [-0.2, 0) is 6.54 Å². The molecule has 0 heterocycles. The van der Waals surface area contributed by atoms with Crippen LogP contribution in [0.4, 0.5) is 5.69 Å². The van der Waals surface area contributed by atoms with Gasteiger partial charge in [0.2, 0.25) is 0 Å². The van der Waals surface area contributed by atoms with E-state index in [2.05, 4.69) is 18.4 Å². The van der Waals surface area contributed by atoms with Gasteiger partial charge in [0.25, 0.3) is 5.69 Å². The van der Waals surface area contributed by atoms with Gasteiger partial charge in [-0.2, -0.15) is 0 Å². The fourth-order valence-corrected chi connectivity index (χ4v) is 1.69. The summed E-state index contributed by atoms with van der Waals surface area (Å²) in [7, 11) is 0. The molecular formula is C13H18N2O2. The van der Waals surface area contributed by atoms with Crippen LogP contribution in [0.1, 0.15) is 19.4 Å². The third-order valence-corrected chi connectivity index (χ3v) is 2.47. The lowest BCUT2D eigenvalue weighted by Crippen LogP contribution is -2.24. The summed E-state index contributed by atoms with van der Waals surface area (Å²) in [6, 6.07) is 6.77. The molecule has 92 valence electrons. The maximum Gasteiger partial charge on any atom is 0.269 e. The van der Waals surface area contributed by atoms with Crippen molar-refractivity contribution in [2.75, 3.05) is 13.1 Å². The van der Waals surface area contributed by atoms with Gasteiger partial charge in [-0.1, -0.05) is 31.2 Å². The fraction of sp³-hybridized carbons (Fsp3) is 0.385. The zero-order chi connectivity index (χ0) is 12.8. The minimum atomic E-state index is -0.363. The Morgan fingerprint density at radius 2 is 2.24 bits per heavy atom. The maximum atomic E-state index is 10.7. The number of non-ortho nitro benzene ring substituents is 1. The SMILES string of the molecule is C=C(C)CN(CC)Cc1cccc([N+](=O)[O-])c1. The minimum absolute atomic E-state index is 0.147. The van der Waals surface area contributed by atoms with Gasteiger partial charge in [-0.05, 0) is 19.0 Å². The Labute approximate surface area is 102 Å². The van der Waals surface area contributed by atoms with Gasteiger partial charge in [0.15, 0.2) is 0 Å². The van der Waals surface area contributed by atoms with E-state index >= 15 is 0 Å². The number of benzene rings is 1. The van der Waals surface area contributed by atoms with Crippen molar-refractivity contribution < 1.29 is 4.92 Å². The highest BCUT2D eigenvalue weighted by Gasteiger charge is 2.08. The number of nitrogens with zero attached hydrogens (tertiary/aromatic N) is 2. The van der Waals surface area contributed by atoms with Gasteiger partial charge in [0, 0.05) is 25.2 Å². The van der Waals surface area contributed by atoms with Crippen LogP contribution in [0, 0.1) is 10.1 Å². The van der Waals surface area contributed by atoms with Gasteiger partial charge in [0.1, 0.15) is 0 Å². The first-order valence-electron chi connectivity index (χ1n) is 5.63. The molecule has 0 spiro atoms. The molecule has 0 aliphatic heterocycles. The molecule has 0 N–H and O–H groups in total. The van der Waals surface area contributed by atoms with Crippen molar-refractivity contribution in [2.45, 2.75) is 20.4 Å². The highest BCUT2D eigenvalue weighted by molar-refractivity contribution is 5.34. The number of rotatable bonds is 6. The lowest BCUT2D eigenvalue weighted by Gasteiger charge is -2.20. The Hall–Kier alpha value is -1.68. The smallest absolute Gasteiger partial charge is 0.269 e. The Morgan fingerprint density at radius 3 is 2.76 bits per heavy atom. The summed E-state index contributed by atoms with van der Waals surface area (Å²) in [5.41, 5.74) is 2.20. The van der Waals surface area contributed by atoms with E-state index in [0.29, 0.717) is 6.54 Å². The number of hydrogen-bond acceptors (Lipinski definition) is 3. The zero-order valence-electron chi connectivity index (χ0n) is 10.3. The van der Waals surface area contributed by atoms with Gasteiger partial charge in [-0.25, -0.2) is 0 Å². The molecule has 0 aromatic heterocycles. The molecule has 1 rings (SSSR count). The van der Waals surface area contributed by atoms with Crippen molar-refractivity contribution in [3.05, 3.63) is 52.1 Å². The first-order valence-corrected chi connectivity index (χ1v) is 5.63. The highest BCUT2D eigenvalue weighted by atomic mass is 16.6. The summed E-state index contributed by atoms with van der Waals surface area (Å²) < 4.78 is 0. The van der Waals surface area contributed by atoms with Crippen LogP contribution in [0.25, 0.3) is 0 Å². The number of likely N-dealkylation sites (N-methyl/N-ethyl adjacent to an activating group) is 1. The molecule has 0 fully saturated rings. The van der Waals surface area contributed by atoms with Crippen molar-refractivity contribution in [3.63, 3.8) is 0 Å². The molecule has 0 aliphatic carbocycles. The maximum absolute atomic E-state index is 10.7. The summed E-state index contributed by atoms with van der Waals surface area (Å²) in [6.07, 6.45) is 0. The Bertz CT molecular complexity index is 416. The zero-order valence-corrected chi connectivity index (χ0v) is 10.3. The number of hydrogen-bond donors (Lipinski definition) is 0. The first-order chi connectivity index (χ1) is 8.02. The molecular weight excluding hydrogens is 216 g/mol. The molecule has 0 bridgehead atoms. The third kappa shape index (κ3) is 4.36. The largest absolute Gasteiger partial charge is 0.295 e. The molecule has 4 nitrogen and oxygen atoms in total. The normalized spacial score (nSPS) is 10.5. The number of nitro groups is 1. The second kappa shape index (κ2) is 6.15. The van der Waals surface area contributed by atoms with Crippen LogP contribution in [0.3, 0.4) is 0 Å². The van der Waals surface area contributed by atoms with Crippen LogP contribution >= 0.6 is 0 Å². The quantitative estimate of drug-likeness (QED) is 0.432. The Morgan fingerprint density at radius 1 is 1.53 bits per heavy atom. The van der Waals surface area contributed by atoms with Crippen LogP contribution < -0.4 is 0 Å². The van der Waals surface area contributed by atoms with Crippen molar-refractivity contribution in [1.29, 1.82) is 0 Å². The summed E-state index contributed by atoms with van der Waals surface area (Å²) in [5, 5.41) is 10.7. The molecule has 0 radical (unpaired) electrons. The van der Waals surface area contributed by atoms with Crippen LogP contribution in [-0.4, -0.2) is 22.9 Å². The van der Waals surface area contributed by atoms with Crippen LogP contribution in [0.2, 0.25) is 0 Å². The summed E-state index contributed by atoms with van der Waals surface area (Å²) in [4.78, 5) is 12.5. The molecule has 0 saturated heterocycles. The second-order valence-corrected chi connectivity index (χ2v) is 4.19. The standard InChI is InChI=1S/C13H18N2O2/c1-4-14(9-11(2)3)10-12-6-5-7-13(8-12)15(16)17/h5-8H,2,4,9-10H2,1,3H3. The van der Waals surface area contributed by atoms with E-state index in [-0.39, 0.29) is 10.6 Å². The van der Waals surface area contributed by atoms with E-state index in [1.807, 2.05) is 13.0 Å². The van der Waals surface area contributed by atoms with Gasteiger partial charge in [-0.3, -0.25) is 15.0 Å². The Balaban J connectivity index is 2.75. The molecule has 17 heavy (non-hydrogen) atoms. The van der Waals surface area contributed by atoms with Crippen molar-refractivity contribution in [1.82, 2.24) is 4.90 Å². The van der Waals surface area contributed by atoms with E-state index in [1.54, 1.807) is 12.1 Å². The monoisotopic (exact) mass is 234 g/mol. The molecule has 0 unspecified atom stereocenters. The lowest BCUT2D eigenvalue weighted by atomic mass is 10.2.